The van der Waals surface area contributed by atoms with Crippen LogP contribution in [0.1, 0.15) is 140 Å². The predicted molar refractivity (Wildman–Crippen MR) is 515 cm³/mol. The number of nitrogens with one attached hydrogen (secondary N) is 4. The van der Waals surface area contributed by atoms with E-state index in [4.69, 9.17) is 77.6 Å². The number of carboxylic acid groups (broad SMARTS) is 1. The second kappa shape index (κ2) is 54.1. The van der Waals surface area contributed by atoms with Crippen LogP contribution < -0.4 is 32.7 Å². The number of aliphatic hydroxyl groups is 4. The van der Waals surface area contributed by atoms with Crippen LogP contribution in [-0.4, -0.2) is 148 Å². The topological polar surface area (TPSA) is 325 Å². The van der Waals surface area contributed by atoms with Gasteiger partial charge in [0.2, 0.25) is 0 Å². The number of aliphatic carboxylic acids is 1. The fourth-order valence-electron chi connectivity index (χ4n) is 12.1. The lowest BCUT2D eigenvalue weighted by molar-refractivity contribution is -0.158. The van der Waals surface area contributed by atoms with Crippen molar-refractivity contribution in [1.29, 1.82) is 0 Å². The molecule has 0 spiro atoms. The Hall–Kier alpha value is -7.47. The van der Waals surface area contributed by atoms with E-state index in [9.17, 15) is 48.5 Å². The summed E-state index contributed by atoms with van der Waals surface area (Å²) < 4.78 is 25.9. The van der Waals surface area contributed by atoms with Gasteiger partial charge in [0.15, 0.2) is 24.4 Å². The largest absolute Gasteiger partial charge is 0.479 e. The van der Waals surface area contributed by atoms with Gasteiger partial charge in [0.05, 0.1) is 6.04 Å². The highest BCUT2D eigenvalue weighted by molar-refractivity contribution is 9.10. The predicted octanol–water partition coefficient (Wildman–Crippen LogP) is 19.5. The van der Waals surface area contributed by atoms with Gasteiger partial charge in [-0.3, -0.25) is 14.4 Å². The Kier molecular flexibility index (Phi) is 45.3. The molecule has 13 N–H and O–H groups in total. The maximum atomic E-state index is 13.3. The molecular formula is C92H106Br2Cl4FN7O13S6. The molecule has 1 saturated heterocycles. The van der Waals surface area contributed by atoms with Gasteiger partial charge in [-0.25, -0.2) is 18.8 Å². The van der Waals surface area contributed by atoms with Crippen LogP contribution in [0.2, 0.25) is 20.1 Å². The number of rotatable bonds is 31. The first-order chi connectivity index (χ1) is 59.5. The van der Waals surface area contributed by atoms with Crippen LogP contribution in [0.4, 0.5) is 14.0 Å². The molecule has 1 fully saturated rings. The first-order valence-corrected chi connectivity index (χ1v) is 48.5. The molecule has 5 atom stereocenters. The van der Waals surface area contributed by atoms with Crippen molar-refractivity contribution >= 4 is 182 Å². The van der Waals surface area contributed by atoms with Crippen molar-refractivity contribution in [3.8, 4) is 0 Å². The summed E-state index contributed by atoms with van der Waals surface area (Å²) in [7, 11) is 0. The highest BCUT2D eigenvalue weighted by Gasteiger charge is 2.39. The molecule has 0 bridgehead atoms. The molecule has 1 aliphatic rings. The number of likely N-dealkylation sites (tertiary alicyclic amines) is 1. The fraction of sp³-hybridized carbons (Fsp3) is 0.348. The van der Waals surface area contributed by atoms with Crippen LogP contribution in [0.3, 0.4) is 0 Å². The van der Waals surface area contributed by atoms with Gasteiger partial charge in [-0.15, -0.1) is 68.0 Å². The van der Waals surface area contributed by atoms with E-state index < -0.39 is 59.3 Å². The third-order valence-electron chi connectivity index (χ3n) is 18.1. The Morgan fingerprint density at radius 1 is 0.448 bits per heavy atom. The number of hydrogen-bond acceptors (Lipinski definition) is 20. The summed E-state index contributed by atoms with van der Waals surface area (Å²) in [6.45, 7) is 14.6. The quantitative estimate of drug-likeness (QED) is 0.0192. The number of carboxylic acids is 1. The average molecular weight is 2030 g/mol. The van der Waals surface area contributed by atoms with E-state index in [1.165, 1.54) is 53.2 Å². The van der Waals surface area contributed by atoms with E-state index in [0.717, 1.165) is 112 Å². The van der Waals surface area contributed by atoms with Gasteiger partial charge < -0.3 is 72.6 Å². The molecule has 7 heterocycles. The smallest absolute Gasteiger partial charge is 0.407 e. The van der Waals surface area contributed by atoms with Crippen molar-refractivity contribution in [2.75, 3.05) is 45.8 Å². The minimum Gasteiger partial charge on any atom is -0.479 e. The normalized spacial score (nSPS) is 13.2. The summed E-state index contributed by atoms with van der Waals surface area (Å²) in [4.78, 5) is 79.0. The number of aliphatic hydroxyl groups excluding tert-OH is 4. The molecule has 6 aromatic heterocycles. The van der Waals surface area contributed by atoms with E-state index in [1.54, 1.807) is 80.2 Å². The molecule has 33 heteroatoms. The first-order valence-electron chi connectivity index (χ1n) is 40.1. The van der Waals surface area contributed by atoms with Crippen molar-refractivity contribution < 1.29 is 68.2 Å². The van der Waals surface area contributed by atoms with Crippen LogP contribution in [0.25, 0.3) is 0 Å². The molecule has 12 rings (SSSR count). The van der Waals surface area contributed by atoms with E-state index in [1.807, 2.05) is 155 Å². The molecule has 0 saturated carbocycles. The second-order valence-corrected chi connectivity index (χ2v) is 40.0. The van der Waals surface area contributed by atoms with Gasteiger partial charge in [0.1, 0.15) is 17.0 Å². The number of amides is 5. The number of carbonyl (C=O) groups excluding carboxylic acids is 5. The van der Waals surface area contributed by atoms with Gasteiger partial charge in [0.25, 0.3) is 17.7 Å². The van der Waals surface area contributed by atoms with Crippen molar-refractivity contribution in [2.45, 2.75) is 160 Å². The summed E-state index contributed by atoms with van der Waals surface area (Å²) in [5.41, 5.74) is 19.9. The zero-order chi connectivity index (χ0) is 91.2. The number of nitrogens with zero attached hydrogens (tertiary/aromatic N) is 1. The lowest BCUT2D eigenvalue weighted by Crippen LogP contribution is -2.50. The van der Waals surface area contributed by atoms with Crippen LogP contribution >= 0.6 is 146 Å². The van der Waals surface area contributed by atoms with Crippen LogP contribution in [-0.2, 0) is 92.9 Å². The van der Waals surface area contributed by atoms with Gasteiger partial charge in [-0.1, -0.05) is 131 Å². The molecule has 11 aromatic rings. The monoisotopic (exact) mass is 2030 g/mol. The standard InChI is InChI=1S/C27H28ClFN2O4S.C18H22ClNO2S.C17H18ClNO5S.C13H14ClNS.C11H16BrNO2S.C6H8BrNS/c28-22-5-2-1-4-19(22)14-17-15-21(36-16-17)11-12-30-26(34)24(32)25(33)27(35)31-13-3-6-23(31)18-7-9-20(29)10-8-18;1-18(2,3)22-17(21)20-9-8-15-11-13(12-23-15)10-14-6-4-5-7-16(14)19;18-13-4-2-1-3-11(13)7-10-8-12(25-9-10)5-6-19-16(22)14(20)15(21)17(23)24;14-13-4-2-1-3-11(13)7-10-8-12(5-6-15)16-9-10;1-11(2,3)15-10(14)13-5-4-9-6-8(12)7-16-9;7-5-3-6(1-2-8)9-4-5/h1-2,4-5,7-10,15-16,23-25,32-33H,3,6,11-14H2,(H,30,34);4-7,11-12H,8-10H2,1-3H3,(H,20,21);1-4,8-9,14-15,20-21H,5-7H2,(H,19,22)(H,23,24);1-4,8-9H,5-7,15H2;6-7H,4-5H2,1-3H3,(H,13,14);3-4H,1-2,8H2/t23?,24-,25-;;14-,15-;;;/m1.1.../s1. The SMILES string of the molecule is CC(C)(C)OC(=O)NCCc1cc(Br)cs1.CC(C)(C)OC(=O)NCCc1cc(Cc2ccccc2Cl)cs1.NCCc1cc(Br)cs1.NCCc1cc(Cc2ccccc2Cl)cs1.O=C(NCCc1cc(Cc2ccccc2Cl)cs1)[C@H](O)[C@@H](O)C(=O)N1CCCC1c1ccc(F)cc1.O=C(O)[C@H](O)[C@@H](O)C(=O)NCCc1cc(Cc2ccccc2Cl)cs1. The summed E-state index contributed by atoms with van der Waals surface area (Å²) >= 11 is 41.5. The lowest BCUT2D eigenvalue weighted by Gasteiger charge is -2.28. The molecule has 1 aliphatic heterocycles. The zero-order valence-corrected chi connectivity index (χ0v) is 81.1. The van der Waals surface area contributed by atoms with Crippen LogP contribution in [0.15, 0.2) is 199 Å². The van der Waals surface area contributed by atoms with Crippen molar-refractivity contribution in [3.63, 3.8) is 0 Å². The number of thiophene rings is 6. The molecular weight excluding hydrogens is 1920 g/mol. The number of alkyl carbamates (subject to hydrolysis) is 2. The third-order valence-corrected chi connectivity index (χ3v) is 27.3. The molecule has 20 nitrogen and oxygen atoms in total. The Morgan fingerprint density at radius 2 is 0.752 bits per heavy atom. The molecule has 5 aromatic carbocycles. The number of hydrogen-bond donors (Lipinski definition) is 11. The zero-order valence-electron chi connectivity index (χ0n) is 70.0. The Labute approximate surface area is 791 Å². The van der Waals surface area contributed by atoms with Crippen molar-refractivity contribution in [1.82, 2.24) is 26.2 Å². The molecule has 0 radical (unpaired) electrons. The molecule has 5 amide bonds. The minimum absolute atomic E-state index is 0.230. The Morgan fingerprint density at radius 3 is 1.06 bits per heavy atom. The summed E-state index contributed by atoms with van der Waals surface area (Å²) in [6.07, 6.45) is 0.589. The third kappa shape index (κ3) is 38.8. The molecule has 672 valence electrons. The average Bonchev–Trinajstić information content (AvgIpc) is 1.70. The minimum atomic E-state index is -2.14. The van der Waals surface area contributed by atoms with E-state index in [-0.39, 0.29) is 37.1 Å². The van der Waals surface area contributed by atoms with E-state index >= 15 is 0 Å². The summed E-state index contributed by atoms with van der Waals surface area (Å²) in [5.74, 6) is -4.46. The lowest BCUT2D eigenvalue weighted by atomic mass is 10.0. The van der Waals surface area contributed by atoms with Gasteiger partial charge in [-0.2, -0.15) is 0 Å². The van der Waals surface area contributed by atoms with Crippen molar-refractivity contribution in [2.24, 2.45) is 11.5 Å². The number of nitrogens with two attached hydrogens (primary N) is 2. The van der Waals surface area contributed by atoms with Gasteiger partial charge >= 0.3 is 18.2 Å². The number of benzene rings is 5. The molecule has 1 unspecified atom stereocenters. The second-order valence-electron chi connectivity index (χ2n) is 30.6. The Balaban J connectivity index is 0.000000215. The summed E-state index contributed by atoms with van der Waals surface area (Å²) in [6, 6.07) is 49.3. The van der Waals surface area contributed by atoms with E-state index in [0.29, 0.717) is 69.7 Å². The van der Waals surface area contributed by atoms with Crippen molar-refractivity contribution in [3.05, 3.63) is 304 Å². The highest BCUT2D eigenvalue weighted by atomic mass is 79.9. The molecule has 125 heavy (non-hydrogen) atoms. The maximum absolute atomic E-state index is 13.3. The van der Waals surface area contributed by atoms with Gasteiger partial charge in [0, 0.05) is 102 Å². The van der Waals surface area contributed by atoms with E-state index in [2.05, 4.69) is 106 Å². The first kappa shape index (κ1) is 105. The van der Waals surface area contributed by atoms with Crippen LogP contribution in [0.5, 0.6) is 0 Å². The summed E-state index contributed by atoms with van der Waals surface area (Å²) in [5, 5.41) is 73.9. The fourth-order valence-corrected chi connectivity index (χ4v) is 19.4. The maximum Gasteiger partial charge on any atom is 0.407 e. The highest BCUT2D eigenvalue weighted by Crippen LogP contribution is 2.34. The number of ether oxygens (including phenoxy) is 2. The number of carbonyl (C=O) groups is 6. The van der Waals surface area contributed by atoms with Crippen LogP contribution in [0, 0.1) is 5.82 Å². The number of halogens is 7. The van der Waals surface area contributed by atoms with Gasteiger partial charge in [-0.05, 0) is 308 Å². The molecule has 0 aliphatic carbocycles. The Bertz CT molecular complexity index is 5170.